The van der Waals surface area contributed by atoms with Gasteiger partial charge in [0.2, 0.25) is 6.10 Å². The summed E-state index contributed by atoms with van der Waals surface area (Å²) < 4.78 is 22.2. The van der Waals surface area contributed by atoms with Crippen LogP contribution in [0.5, 0.6) is 5.75 Å². The molecule has 1 heterocycles. The van der Waals surface area contributed by atoms with E-state index in [4.69, 9.17) is 18.9 Å². The average Bonchev–Trinajstić information content (AvgIpc) is 3.54. The van der Waals surface area contributed by atoms with E-state index in [0.29, 0.717) is 24.5 Å². The highest BCUT2D eigenvalue weighted by molar-refractivity contribution is 6.06. The van der Waals surface area contributed by atoms with E-state index in [1.54, 1.807) is 13.0 Å². The molecule has 1 aliphatic rings. The van der Waals surface area contributed by atoms with E-state index >= 15 is 0 Å². The molecule has 1 saturated heterocycles. The van der Waals surface area contributed by atoms with Crippen molar-refractivity contribution in [3.8, 4) is 5.75 Å². The van der Waals surface area contributed by atoms with Gasteiger partial charge in [-0.2, -0.15) is 0 Å². The van der Waals surface area contributed by atoms with Crippen molar-refractivity contribution in [3.63, 3.8) is 0 Å². The molecule has 1 fully saturated rings. The lowest BCUT2D eigenvalue weighted by molar-refractivity contribution is -0.158. The molecule has 0 bridgehead atoms. The lowest BCUT2D eigenvalue weighted by Gasteiger charge is -2.21. The molecule has 0 aromatic heterocycles. The zero-order valence-corrected chi connectivity index (χ0v) is 18.4. The number of hydrogen-bond acceptors (Lipinski definition) is 6. The maximum Gasteiger partial charge on any atom is 0.350 e. The van der Waals surface area contributed by atoms with Crippen LogP contribution in [0.4, 0.5) is 0 Å². The van der Waals surface area contributed by atoms with Crippen LogP contribution in [0.1, 0.15) is 35.3 Å². The molecule has 0 unspecified atom stereocenters. The molecule has 166 valence electrons. The number of ether oxygens (including phenoxy) is 4. The summed E-state index contributed by atoms with van der Waals surface area (Å²) in [6.07, 6.45) is -1.17. The Morgan fingerprint density at radius 1 is 1.06 bits per heavy atom. The van der Waals surface area contributed by atoms with Crippen LogP contribution in [0.2, 0.25) is 0 Å². The third-order valence-electron chi connectivity index (χ3n) is 5.54. The molecule has 4 rings (SSSR count). The molecule has 0 radical (unpaired) electrons. The molecule has 3 aromatic carbocycles. The fourth-order valence-corrected chi connectivity index (χ4v) is 3.59. The summed E-state index contributed by atoms with van der Waals surface area (Å²) in [4.78, 5) is 26.1. The van der Waals surface area contributed by atoms with Gasteiger partial charge < -0.3 is 18.9 Å². The standard InChI is InChI=1S/C26H26O6/c1-4-29-19-13-21-17(2)9-8-12-20(21)22(14-19)24(27)32-23(26(3)16-31-26)25(28)30-15-18-10-6-5-7-11-18/h5-14,23H,4,15-16H2,1-3H3/t23-,26+/m1/s1. The Kier molecular flexibility index (Phi) is 6.15. The van der Waals surface area contributed by atoms with Crippen molar-refractivity contribution in [2.24, 2.45) is 0 Å². The summed E-state index contributed by atoms with van der Waals surface area (Å²) in [5, 5.41) is 1.62. The SMILES string of the molecule is CCOc1cc(C(=O)O[C@H](C(=O)OCc2ccccc2)[C@]2(C)CO2)c2cccc(C)c2c1. The lowest BCUT2D eigenvalue weighted by atomic mass is 10.00. The van der Waals surface area contributed by atoms with Gasteiger partial charge in [-0.15, -0.1) is 0 Å². The third-order valence-corrected chi connectivity index (χ3v) is 5.54. The number of carbonyl (C=O) groups excluding carboxylic acids is 2. The maximum absolute atomic E-state index is 13.2. The smallest absolute Gasteiger partial charge is 0.350 e. The molecule has 1 aliphatic heterocycles. The number of aryl methyl sites for hydroxylation is 1. The fraction of sp³-hybridized carbons (Fsp3) is 0.308. The molecular weight excluding hydrogens is 408 g/mol. The van der Waals surface area contributed by atoms with Crippen molar-refractivity contribution in [1.29, 1.82) is 0 Å². The summed E-state index contributed by atoms with van der Waals surface area (Å²) in [6, 6.07) is 18.6. The van der Waals surface area contributed by atoms with Crippen LogP contribution in [0.25, 0.3) is 10.8 Å². The molecule has 2 atom stereocenters. The van der Waals surface area contributed by atoms with Crippen LogP contribution in [-0.4, -0.2) is 36.9 Å². The zero-order chi connectivity index (χ0) is 22.7. The molecule has 32 heavy (non-hydrogen) atoms. The third kappa shape index (κ3) is 4.60. The minimum atomic E-state index is -1.17. The first-order valence-corrected chi connectivity index (χ1v) is 10.6. The Balaban J connectivity index is 1.59. The first-order chi connectivity index (χ1) is 15.4. The van der Waals surface area contributed by atoms with Crippen molar-refractivity contribution < 1.29 is 28.5 Å². The summed E-state index contributed by atoms with van der Waals surface area (Å²) in [6.45, 7) is 6.44. The van der Waals surface area contributed by atoms with Gasteiger partial charge in [0, 0.05) is 0 Å². The van der Waals surface area contributed by atoms with Crippen LogP contribution in [-0.2, 0) is 25.6 Å². The van der Waals surface area contributed by atoms with Crippen molar-refractivity contribution >= 4 is 22.7 Å². The average molecular weight is 434 g/mol. The van der Waals surface area contributed by atoms with Gasteiger partial charge in [0.1, 0.15) is 18.0 Å². The Bertz CT molecular complexity index is 1130. The Morgan fingerprint density at radius 2 is 1.81 bits per heavy atom. The van der Waals surface area contributed by atoms with E-state index in [2.05, 4.69) is 0 Å². The van der Waals surface area contributed by atoms with Gasteiger partial charge in [-0.05, 0) is 54.8 Å². The maximum atomic E-state index is 13.2. The lowest BCUT2D eigenvalue weighted by Crippen LogP contribution is -2.40. The second-order valence-electron chi connectivity index (χ2n) is 8.05. The first-order valence-electron chi connectivity index (χ1n) is 10.6. The van der Waals surface area contributed by atoms with E-state index in [9.17, 15) is 9.59 Å². The van der Waals surface area contributed by atoms with Gasteiger partial charge >= 0.3 is 11.9 Å². The van der Waals surface area contributed by atoms with Crippen LogP contribution in [0.3, 0.4) is 0 Å². The van der Waals surface area contributed by atoms with Crippen LogP contribution >= 0.6 is 0 Å². The number of epoxide rings is 1. The molecule has 0 amide bonds. The topological polar surface area (TPSA) is 74.4 Å². The highest BCUT2D eigenvalue weighted by atomic mass is 16.7. The van der Waals surface area contributed by atoms with Crippen LogP contribution in [0, 0.1) is 6.92 Å². The van der Waals surface area contributed by atoms with E-state index in [0.717, 1.165) is 21.9 Å². The second kappa shape index (κ2) is 9.01. The number of fused-ring (bicyclic) bond motifs is 1. The minimum Gasteiger partial charge on any atom is -0.494 e. The van der Waals surface area contributed by atoms with Crippen LogP contribution < -0.4 is 4.74 Å². The molecular formula is C26H26O6. The normalized spacial score (nSPS) is 18.1. The largest absolute Gasteiger partial charge is 0.494 e. The van der Waals surface area contributed by atoms with Crippen molar-refractivity contribution in [2.75, 3.05) is 13.2 Å². The summed E-state index contributed by atoms with van der Waals surface area (Å²) in [7, 11) is 0. The number of rotatable bonds is 8. The van der Waals surface area contributed by atoms with Gasteiger partial charge in [-0.25, -0.2) is 9.59 Å². The monoisotopic (exact) mass is 434 g/mol. The number of hydrogen-bond donors (Lipinski definition) is 0. The number of carbonyl (C=O) groups is 2. The Hall–Kier alpha value is -3.38. The summed E-state index contributed by atoms with van der Waals surface area (Å²) in [5.41, 5.74) is 1.29. The molecule has 0 N–H and O–H groups in total. The van der Waals surface area contributed by atoms with Crippen molar-refractivity contribution in [2.45, 2.75) is 39.1 Å². The first kappa shape index (κ1) is 21.8. The van der Waals surface area contributed by atoms with E-state index in [1.165, 1.54) is 0 Å². The number of benzene rings is 3. The van der Waals surface area contributed by atoms with Gasteiger partial charge in [-0.3, -0.25) is 0 Å². The zero-order valence-electron chi connectivity index (χ0n) is 18.4. The Labute approximate surface area is 187 Å². The predicted octanol–water partition coefficient (Wildman–Crippen LogP) is 4.60. The molecule has 3 aromatic rings. The van der Waals surface area contributed by atoms with Gasteiger partial charge in [-0.1, -0.05) is 48.5 Å². The molecule has 0 spiro atoms. The van der Waals surface area contributed by atoms with E-state index in [-0.39, 0.29) is 6.61 Å². The quantitative estimate of drug-likeness (QED) is 0.381. The van der Waals surface area contributed by atoms with Crippen molar-refractivity contribution in [1.82, 2.24) is 0 Å². The van der Waals surface area contributed by atoms with Gasteiger partial charge in [0.25, 0.3) is 0 Å². The molecule has 0 aliphatic carbocycles. The van der Waals surface area contributed by atoms with Gasteiger partial charge in [0.05, 0.1) is 18.8 Å². The van der Waals surface area contributed by atoms with Gasteiger partial charge in [0.15, 0.2) is 0 Å². The number of esters is 2. The summed E-state index contributed by atoms with van der Waals surface area (Å²) in [5.74, 6) is -0.692. The Morgan fingerprint density at radius 3 is 2.50 bits per heavy atom. The highest BCUT2D eigenvalue weighted by Crippen LogP contribution is 2.35. The second-order valence-corrected chi connectivity index (χ2v) is 8.05. The van der Waals surface area contributed by atoms with E-state index in [1.807, 2.05) is 68.4 Å². The van der Waals surface area contributed by atoms with E-state index < -0.39 is 23.6 Å². The fourth-order valence-electron chi connectivity index (χ4n) is 3.59. The highest BCUT2D eigenvalue weighted by Gasteiger charge is 2.54. The van der Waals surface area contributed by atoms with Crippen LogP contribution in [0.15, 0.2) is 60.7 Å². The molecule has 6 nitrogen and oxygen atoms in total. The minimum absolute atomic E-state index is 0.0890. The molecule has 6 heteroatoms. The summed E-state index contributed by atoms with van der Waals surface area (Å²) >= 11 is 0. The molecule has 0 saturated carbocycles. The predicted molar refractivity (Wildman–Crippen MR) is 120 cm³/mol. The van der Waals surface area contributed by atoms with Crippen molar-refractivity contribution in [3.05, 3.63) is 77.4 Å².